The Morgan fingerprint density at radius 3 is 2.42 bits per heavy atom. The molecule has 0 amide bonds. The number of hydrogen-bond acceptors (Lipinski definition) is 2. The number of rotatable bonds is 1. The molecule has 0 aromatic heterocycles. The summed E-state index contributed by atoms with van der Waals surface area (Å²) in [6.45, 7) is 0. The molecule has 1 aromatic carbocycles. The normalized spacial score (nSPS) is 10.1. The lowest BCUT2D eigenvalue weighted by molar-refractivity contribution is 0.422. The molecule has 0 aliphatic rings. The van der Waals surface area contributed by atoms with Crippen molar-refractivity contribution in [1.82, 2.24) is 0 Å². The quantitative estimate of drug-likeness (QED) is 0.731. The van der Waals surface area contributed by atoms with Crippen LogP contribution in [0.4, 0.5) is 4.39 Å². The summed E-state index contributed by atoms with van der Waals surface area (Å²) in [5.41, 5.74) is -0.209. The van der Waals surface area contributed by atoms with Crippen LogP contribution in [-0.2, 0) is 0 Å². The first-order chi connectivity index (χ1) is 5.52. The van der Waals surface area contributed by atoms with Crippen molar-refractivity contribution in [2.24, 2.45) is 0 Å². The maximum atomic E-state index is 12.9. The van der Waals surface area contributed by atoms with Crippen molar-refractivity contribution in [2.45, 2.75) is 0 Å². The predicted molar refractivity (Wildman–Crippen MR) is 48.9 cm³/mol. The first-order valence-electron chi connectivity index (χ1n) is 3.03. The molecule has 2 N–H and O–H groups in total. The number of hydrogen-bond donors (Lipinski definition) is 2. The SMILES string of the molecule is OB(O)c1c(F)cc(Cl)cc1Br. The second-order valence-corrected chi connectivity index (χ2v) is 3.45. The highest BCUT2D eigenvalue weighted by molar-refractivity contribution is 9.10. The van der Waals surface area contributed by atoms with Crippen molar-refractivity contribution in [3.63, 3.8) is 0 Å². The molecule has 0 saturated carbocycles. The Kier molecular flexibility index (Phi) is 3.12. The van der Waals surface area contributed by atoms with Gasteiger partial charge in [-0.3, -0.25) is 0 Å². The molecule has 0 unspecified atom stereocenters. The van der Waals surface area contributed by atoms with Crippen molar-refractivity contribution in [2.75, 3.05) is 0 Å². The molecule has 0 spiro atoms. The summed E-state index contributed by atoms with van der Waals surface area (Å²) in [7, 11) is -1.84. The topological polar surface area (TPSA) is 40.5 Å². The van der Waals surface area contributed by atoms with E-state index in [1.54, 1.807) is 0 Å². The lowest BCUT2D eigenvalue weighted by Crippen LogP contribution is -2.33. The fourth-order valence-electron chi connectivity index (χ4n) is 0.800. The summed E-state index contributed by atoms with van der Waals surface area (Å²) in [5.74, 6) is -0.746. The van der Waals surface area contributed by atoms with Crippen LogP contribution in [0.5, 0.6) is 0 Å². The highest BCUT2D eigenvalue weighted by Gasteiger charge is 2.20. The molecule has 64 valence electrons. The smallest absolute Gasteiger partial charge is 0.423 e. The summed E-state index contributed by atoms with van der Waals surface area (Å²) in [6, 6.07) is 2.40. The van der Waals surface area contributed by atoms with Gasteiger partial charge < -0.3 is 10.0 Å². The molecule has 0 fully saturated rings. The van der Waals surface area contributed by atoms with Crippen molar-refractivity contribution in [3.05, 3.63) is 27.4 Å². The summed E-state index contributed by atoms with van der Waals surface area (Å²) >= 11 is 8.45. The third-order valence-corrected chi connectivity index (χ3v) is 2.18. The highest BCUT2D eigenvalue weighted by Crippen LogP contribution is 2.16. The van der Waals surface area contributed by atoms with Crippen LogP contribution in [0.2, 0.25) is 5.02 Å². The molecular weight excluding hydrogens is 249 g/mol. The summed E-state index contributed by atoms with van der Waals surface area (Å²) in [6.07, 6.45) is 0. The van der Waals surface area contributed by atoms with Crippen molar-refractivity contribution in [1.29, 1.82) is 0 Å². The molecule has 0 saturated heterocycles. The molecule has 1 aromatic rings. The second kappa shape index (κ2) is 3.74. The molecule has 0 heterocycles. The Hall–Kier alpha value is -0.0951. The summed E-state index contributed by atoms with van der Waals surface area (Å²) < 4.78 is 13.2. The molecule has 12 heavy (non-hydrogen) atoms. The maximum absolute atomic E-state index is 12.9. The van der Waals surface area contributed by atoms with E-state index < -0.39 is 12.9 Å². The number of halogens is 3. The van der Waals surface area contributed by atoms with E-state index in [1.165, 1.54) is 6.07 Å². The van der Waals surface area contributed by atoms with E-state index >= 15 is 0 Å². The Morgan fingerprint density at radius 1 is 1.42 bits per heavy atom. The Balaban J connectivity index is 3.28. The van der Waals surface area contributed by atoms with Crippen molar-refractivity contribution < 1.29 is 14.4 Å². The van der Waals surface area contributed by atoms with E-state index in [4.69, 9.17) is 21.6 Å². The zero-order valence-electron chi connectivity index (χ0n) is 5.76. The maximum Gasteiger partial charge on any atom is 0.492 e. The average Bonchev–Trinajstić information content (AvgIpc) is 1.82. The van der Waals surface area contributed by atoms with Crippen molar-refractivity contribution in [3.8, 4) is 0 Å². The van der Waals surface area contributed by atoms with Crippen LogP contribution in [0, 0.1) is 5.82 Å². The standard InChI is InChI=1S/C6H4BBrClFO2/c8-4-1-3(9)2-5(10)6(4)7(11)12/h1-2,11-12H. The molecule has 6 heteroatoms. The molecule has 0 atom stereocenters. The van der Waals surface area contributed by atoms with Gasteiger partial charge in [-0.05, 0) is 12.1 Å². The van der Waals surface area contributed by atoms with E-state index in [-0.39, 0.29) is 15.0 Å². The first kappa shape index (κ1) is 9.99. The van der Waals surface area contributed by atoms with Crippen LogP contribution in [0.1, 0.15) is 0 Å². The third-order valence-electron chi connectivity index (χ3n) is 1.30. The average molecular weight is 253 g/mol. The van der Waals surface area contributed by atoms with Crippen LogP contribution in [0.15, 0.2) is 16.6 Å². The van der Waals surface area contributed by atoms with Crippen LogP contribution in [0.3, 0.4) is 0 Å². The van der Waals surface area contributed by atoms with Crippen LogP contribution >= 0.6 is 27.5 Å². The first-order valence-corrected chi connectivity index (χ1v) is 4.20. The minimum Gasteiger partial charge on any atom is -0.423 e. The summed E-state index contributed by atoms with van der Waals surface area (Å²) in [5, 5.41) is 17.6. The molecule has 0 bridgehead atoms. The number of benzene rings is 1. The van der Waals surface area contributed by atoms with Gasteiger partial charge in [-0.25, -0.2) is 4.39 Å². The largest absolute Gasteiger partial charge is 0.492 e. The molecule has 2 nitrogen and oxygen atoms in total. The van der Waals surface area contributed by atoms with Gasteiger partial charge in [-0.15, -0.1) is 0 Å². The zero-order chi connectivity index (χ0) is 9.30. The van der Waals surface area contributed by atoms with E-state index in [9.17, 15) is 4.39 Å². The van der Waals surface area contributed by atoms with E-state index in [0.29, 0.717) is 0 Å². The van der Waals surface area contributed by atoms with Gasteiger partial charge in [0.1, 0.15) is 5.82 Å². The van der Waals surface area contributed by atoms with Gasteiger partial charge in [-0.1, -0.05) is 27.5 Å². The van der Waals surface area contributed by atoms with Gasteiger partial charge in [0.05, 0.1) is 0 Å². The Labute approximate surface area is 82.2 Å². The zero-order valence-corrected chi connectivity index (χ0v) is 8.10. The minimum atomic E-state index is -1.84. The summed E-state index contributed by atoms with van der Waals surface area (Å²) in [4.78, 5) is 0. The minimum absolute atomic E-state index is 0.198. The molecule has 0 radical (unpaired) electrons. The lowest BCUT2D eigenvalue weighted by Gasteiger charge is -2.04. The van der Waals surface area contributed by atoms with Gasteiger partial charge >= 0.3 is 7.12 Å². The van der Waals surface area contributed by atoms with Gasteiger partial charge in [0, 0.05) is 15.0 Å². The molecule has 1 rings (SSSR count). The van der Waals surface area contributed by atoms with E-state index in [1.807, 2.05) is 0 Å². The monoisotopic (exact) mass is 252 g/mol. The molecule has 0 aliphatic carbocycles. The fourth-order valence-corrected chi connectivity index (χ4v) is 1.78. The van der Waals surface area contributed by atoms with Gasteiger partial charge in [0.15, 0.2) is 0 Å². The van der Waals surface area contributed by atoms with E-state index in [0.717, 1.165) is 6.07 Å². The third kappa shape index (κ3) is 1.98. The highest BCUT2D eigenvalue weighted by atomic mass is 79.9. The second-order valence-electron chi connectivity index (χ2n) is 2.16. The van der Waals surface area contributed by atoms with Gasteiger partial charge in [0.25, 0.3) is 0 Å². The fraction of sp³-hybridized carbons (Fsp3) is 0. The van der Waals surface area contributed by atoms with Gasteiger partial charge in [0.2, 0.25) is 0 Å². The van der Waals surface area contributed by atoms with Crippen LogP contribution < -0.4 is 5.46 Å². The van der Waals surface area contributed by atoms with Gasteiger partial charge in [-0.2, -0.15) is 0 Å². The molecule has 0 aliphatic heterocycles. The van der Waals surface area contributed by atoms with Crippen LogP contribution in [0.25, 0.3) is 0 Å². The van der Waals surface area contributed by atoms with Crippen LogP contribution in [-0.4, -0.2) is 17.2 Å². The Bertz CT molecular complexity index is 285. The Morgan fingerprint density at radius 2 is 2.00 bits per heavy atom. The van der Waals surface area contributed by atoms with Crippen molar-refractivity contribution >= 4 is 40.1 Å². The molecular formula is C6H4BBrClFO2. The predicted octanol–water partition coefficient (Wildman–Crippen LogP) is 0.921. The van der Waals surface area contributed by atoms with E-state index in [2.05, 4.69) is 15.9 Å². The lowest BCUT2D eigenvalue weighted by atomic mass is 9.80.